The predicted molar refractivity (Wildman–Crippen MR) is 229 cm³/mol. The molecule has 0 aromatic rings. The smallest absolute Gasteiger partial charge is 0.306 e. The van der Waals surface area contributed by atoms with E-state index in [9.17, 15) is 45.3 Å². The standard InChI is InChI=1S/C46H84O15/c1-3-5-7-9-11-13-15-17-19-21-23-25-27-29-38(49)59-34(31-56-37(48)28-26-24-22-20-18-16-14-12-10-8-6-4-2)32-57-45-44(55)42(53)40(51)36(61-45)33-58-46-43(54)41(52)39(50)35(30-47)60-46/h13,15,34-36,39-47,50-55H,3-12,14,16-33H2,1-2H3/b15-13-. The summed E-state index contributed by atoms with van der Waals surface area (Å²) in [5.74, 6) is -0.930. The Morgan fingerprint density at radius 1 is 0.508 bits per heavy atom. The van der Waals surface area contributed by atoms with Gasteiger partial charge < -0.3 is 64.2 Å². The summed E-state index contributed by atoms with van der Waals surface area (Å²) in [5, 5.41) is 71.9. The first-order valence-corrected chi connectivity index (χ1v) is 23.8. The van der Waals surface area contributed by atoms with Gasteiger partial charge in [0.1, 0.15) is 55.4 Å². The van der Waals surface area contributed by atoms with Crippen LogP contribution in [-0.2, 0) is 38.0 Å². The quantitative estimate of drug-likeness (QED) is 0.0236. The Morgan fingerprint density at radius 3 is 1.46 bits per heavy atom. The van der Waals surface area contributed by atoms with Gasteiger partial charge in [-0.2, -0.15) is 0 Å². The molecule has 0 aliphatic carbocycles. The van der Waals surface area contributed by atoms with Crippen molar-refractivity contribution in [2.45, 2.75) is 242 Å². The zero-order valence-corrected chi connectivity index (χ0v) is 37.4. The van der Waals surface area contributed by atoms with Crippen molar-refractivity contribution < 1.29 is 73.8 Å². The number of ether oxygens (including phenoxy) is 6. The molecule has 0 bridgehead atoms. The number of rotatable bonds is 36. The van der Waals surface area contributed by atoms with Gasteiger partial charge in [-0.1, -0.05) is 135 Å². The summed E-state index contributed by atoms with van der Waals surface area (Å²) in [6.45, 7) is 2.55. The number of aliphatic hydroxyl groups excluding tert-OH is 7. The maximum atomic E-state index is 12.9. The van der Waals surface area contributed by atoms with Crippen LogP contribution in [-0.4, -0.2) is 142 Å². The molecule has 2 aliphatic heterocycles. The van der Waals surface area contributed by atoms with Gasteiger partial charge in [0.05, 0.1) is 19.8 Å². The highest BCUT2D eigenvalue weighted by Gasteiger charge is 2.47. The van der Waals surface area contributed by atoms with Crippen molar-refractivity contribution in [3.63, 3.8) is 0 Å². The second kappa shape index (κ2) is 34.6. The van der Waals surface area contributed by atoms with E-state index in [1.54, 1.807) is 0 Å². The zero-order chi connectivity index (χ0) is 44.7. The minimum absolute atomic E-state index is 0.159. The number of carbonyl (C=O) groups excluding carboxylic acids is 2. The zero-order valence-electron chi connectivity index (χ0n) is 37.4. The Balaban J connectivity index is 1.85. The Labute approximate surface area is 365 Å². The van der Waals surface area contributed by atoms with Crippen LogP contribution in [0.2, 0.25) is 0 Å². The third kappa shape index (κ3) is 23.7. The molecule has 2 fully saturated rings. The minimum Gasteiger partial charge on any atom is -0.462 e. The fourth-order valence-corrected chi connectivity index (χ4v) is 7.50. The molecule has 0 aromatic heterocycles. The second-order valence-electron chi connectivity index (χ2n) is 16.9. The Hall–Kier alpha value is -1.76. The first-order valence-electron chi connectivity index (χ1n) is 23.8. The van der Waals surface area contributed by atoms with E-state index in [2.05, 4.69) is 26.0 Å². The lowest BCUT2D eigenvalue weighted by Crippen LogP contribution is -2.61. The highest BCUT2D eigenvalue weighted by atomic mass is 16.7. The van der Waals surface area contributed by atoms with E-state index in [4.69, 9.17) is 28.4 Å². The van der Waals surface area contributed by atoms with Gasteiger partial charge in [-0.05, 0) is 38.5 Å². The van der Waals surface area contributed by atoms with Crippen LogP contribution in [0.4, 0.5) is 0 Å². The van der Waals surface area contributed by atoms with Crippen molar-refractivity contribution in [2.75, 3.05) is 26.4 Å². The molecule has 0 saturated carbocycles. The third-order valence-electron chi connectivity index (χ3n) is 11.5. The van der Waals surface area contributed by atoms with E-state index in [0.29, 0.717) is 12.8 Å². The summed E-state index contributed by atoms with van der Waals surface area (Å²) in [5.41, 5.74) is 0. The van der Waals surface area contributed by atoms with Gasteiger partial charge >= 0.3 is 11.9 Å². The van der Waals surface area contributed by atoms with Crippen molar-refractivity contribution in [1.82, 2.24) is 0 Å². The van der Waals surface area contributed by atoms with Crippen LogP contribution < -0.4 is 0 Å². The molecule has 0 amide bonds. The van der Waals surface area contributed by atoms with Crippen LogP contribution in [0.5, 0.6) is 0 Å². The number of esters is 2. The van der Waals surface area contributed by atoms with Crippen LogP contribution in [0.25, 0.3) is 0 Å². The Kier molecular flexibility index (Phi) is 31.4. The fourth-order valence-electron chi connectivity index (χ4n) is 7.50. The van der Waals surface area contributed by atoms with Crippen LogP contribution in [0, 0.1) is 0 Å². The van der Waals surface area contributed by atoms with Gasteiger partial charge in [0.25, 0.3) is 0 Å². The number of aliphatic hydroxyl groups is 7. The first kappa shape index (κ1) is 55.4. The summed E-state index contributed by atoms with van der Waals surface area (Å²) in [6.07, 6.45) is 13.9. The lowest BCUT2D eigenvalue weighted by Gasteiger charge is -2.42. The first-order chi connectivity index (χ1) is 29.5. The fraction of sp³-hybridized carbons (Fsp3) is 0.913. The average Bonchev–Trinajstić information content (AvgIpc) is 3.25. The molecule has 2 saturated heterocycles. The summed E-state index contributed by atoms with van der Waals surface area (Å²) in [4.78, 5) is 25.6. The molecular formula is C46H84O15. The van der Waals surface area contributed by atoms with Crippen LogP contribution >= 0.6 is 0 Å². The van der Waals surface area contributed by atoms with E-state index >= 15 is 0 Å². The Bertz CT molecular complexity index is 1120. The van der Waals surface area contributed by atoms with Gasteiger partial charge in [-0.15, -0.1) is 0 Å². The van der Waals surface area contributed by atoms with Crippen LogP contribution in [0.15, 0.2) is 12.2 Å². The van der Waals surface area contributed by atoms with Crippen molar-refractivity contribution >= 4 is 11.9 Å². The van der Waals surface area contributed by atoms with Crippen LogP contribution in [0.3, 0.4) is 0 Å². The van der Waals surface area contributed by atoms with Gasteiger partial charge in [0.15, 0.2) is 18.7 Å². The molecule has 2 rings (SSSR count). The summed E-state index contributed by atoms with van der Waals surface area (Å²) >= 11 is 0. The molecule has 0 aromatic carbocycles. The van der Waals surface area contributed by atoms with Gasteiger partial charge in [-0.25, -0.2) is 0 Å². The molecule has 2 heterocycles. The van der Waals surface area contributed by atoms with Crippen molar-refractivity contribution in [2.24, 2.45) is 0 Å². The summed E-state index contributed by atoms with van der Waals surface area (Å²) in [6, 6.07) is 0. The maximum Gasteiger partial charge on any atom is 0.306 e. The van der Waals surface area contributed by atoms with Crippen molar-refractivity contribution in [3.8, 4) is 0 Å². The number of unbranched alkanes of at least 4 members (excludes halogenated alkanes) is 20. The van der Waals surface area contributed by atoms with E-state index in [1.807, 2.05) is 0 Å². The van der Waals surface area contributed by atoms with Gasteiger partial charge in [0.2, 0.25) is 0 Å². The molecule has 0 radical (unpaired) electrons. The molecule has 11 atom stereocenters. The Morgan fingerprint density at radius 2 is 0.934 bits per heavy atom. The normalized spacial score (nSPS) is 27.4. The predicted octanol–water partition coefficient (Wildman–Crippen LogP) is 5.43. The third-order valence-corrected chi connectivity index (χ3v) is 11.5. The number of hydrogen-bond acceptors (Lipinski definition) is 15. The van der Waals surface area contributed by atoms with Crippen LogP contribution in [0.1, 0.15) is 174 Å². The molecule has 7 N–H and O–H groups in total. The topological polar surface area (TPSA) is 231 Å². The summed E-state index contributed by atoms with van der Waals surface area (Å²) < 4.78 is 33.5. The van der Waals surface area contributed by atoms with E-state index in [0.717, 1.165) is 57.8 Å². The van der Waals surface area contributed by atoms with E-state index in [1.165, 1.54) is 77.0 Å². The molecule has 11 unspecified atom stereocenters. The highest BCUT2D eigenvalue weighted by Crippen LogP contribution is 2.26. The van der Waals surface area contributed by atoms with Gasteiger partial charge in [-0.3, -0.25) is 9.59 Å². The van der Waals surface area contributed by atoms with Crippen molar-refractivity contribution in [1.29, 1.82) is 0 Å². The number of allylic oxidation sites excluding steroid dienone is 2. The van der Waals surface area contributed by atoms with Gasteiger partial charge in [0, 0.05) is 12.8 Å². The second-order valence-corrected chi connectivity index (χ2v) is 16.9. The molecule has 15 nitrogen and oxygen atoms in total. The number of carbonyl (C=O) groups is 2. The highest BCUT2D eigenvalue weighted by molar-refractivity contribution is 5.70. The molecule has 0 spiro atoms. The molecule has 2 aliphatic rings. The molecular weight excluding hydrogens is 792 g/mol. The number of hydrogen-bond donors (Lipinski definition) is 7. The van der Waals surface area contributed by atoms with E-state index < -0.39 is 92.7 Å². The average molecular weight is 877 g/mol. The lowest BCUT2D eigenvalue weighted by molar-refractivity contribution is -0.332. The molecule has 15 heteroatoms. The van der Waals surface area contributed by atoms with E-state index in [-0.39, 0.29) is 26.1 Å². The van der Waals surface area contributed by atoms with Crippen molar-refractivity contribution in [3.05, 3.63) is 12.2 Å². The maximum absolute atomic E-state index is 12.9. The monoisotopic (exact) mass is 877 g/mol. The molecule has 61 heavy (non-hydrogen) atoms. The molecule has 358 valence electrons. The lowest BCUT2D eigenvalue weighted by atomic mass is 9.98. The summed E-state index contributed by atoms with van der Waals surface area (Å²) in [7, 11) is 0. The largest absolute Gasteiger partial charge is 0.462 e. The SMILES string of the molecule is CCCCCC/C=C\CCCCCCCC(=O)OC(COC(=O)CCCCCCCCCCCCCC)COC1OC(COC2OC(CO)C(O)C(O)C2O)C(O)C(O)C1O. The minimum atomic E-state index is -1.76.